The van der Waals surface area contributed by atoms with Crippen molar-refractivity contribution < 1.29 is 9.59 Å². The summed E-state index contributed by atoms with van der Waals surface area (Å²) in [5.74, 6) is -0.211. The molecule has 106 valence electrons. The largest absolute Gasteiger partial charge is 0.348 e. The summed E-state index contributed by atoms with van der Waals surface area (Å²) >= 11 is 0. The summed E-state index contributed by atoms with van der Waals surface area (Å²) in [6.07, 6.45) is 4.55. The number of imidazole rings is 1. The summed E-state index contributed by atoms with van der Waals surface area (Å²) in [6, 6.07) is -0.543. The van der Waals surface area contributed by atoms with E-state index < -0.39 is 6.04 Å². The van der Waals surface area contributed by atoms with E-state index in [0.717, 1.165) is 5.69 Å². The first kappa shape index (κ1) is 15.3. The Hall–Kier alpha value is -1.73. The molecular formula is C12H21N5O2. The molecule has 1 rings (SSSR count). The van der Waals surface area contributed by atoms with Gasteiger partial charge in [0.25, 0.3) is 0 Å². The van der Waals surface area contributed by atoms with E-state index in [1.54, 1.807) is 19.6 Å². The number of hydrogen-bond donors (Lipinski definition) is 4. The monoisotopic (exact) mass is 267 g/mol. The topological polar surface area (TPSA) is 113 Å². The Balaban J connectivity index is 2.58. The van der Waals surface area contributed by atoms with Gasteiger partial charge in [0.15, 0.2) is 5.78 Å². The summed E-state index contributed by atoms with van der Waals surface area (Å²) < 4.78 is 0. The number of Topliss-reactive ketones (excluding diaryl/α,β-unsaturated/α-hetero) is 1. The number of likely N-dealkylation sites (N-methyl/N-ethyl adjacent to an activating group) is 1. The van der Waals surface area contributed by atoms with E-state index in [-0.39, 0.29) is 18.2 Å². The Kier molecular flexibility index (Phi) is 6.76. The highest BCUT2D eigenvalue weighted by atomic mass is 16.2. The SMILES string of the molecule is CNCC(=O)C(Cc1cnc[nH]1)NC(=O)CCCN. The molecule has 0 spiro atoms. The number of nitrogens with two attached hydrogens (primary N) is 1. The quantitative estimate of drug-likeness (QED) is 0.457. The Morgan fingerprint density at radius 2 is 2.32 bits per heavy atom. The lowest BCUT2D eigenvalue weighted by molar-refractivity contribution is -0.127. The van der Waals surface area contributed by atoms with Crippen molar-refractivity contribution in [2.75, 3.05) is 20.1 Å². The summed E-state index contributed by atoms with van der Waals surface area (Å²) in [6.45, 7) is 0.680. The second-order valence-corrected chi connectivity index (χ2v) is 4.29. The lowest BCUT2D eigenvalue weighted by Crippen LogP contribution is -2.45. The van der Waals surface area contributed by atoms with Crippen molar-refractivity contribution >= 4 is 11.7 Å². The average Bonchev–Trinajstić information content (AvgIpc) is 2.88. The number of H-pyrrole nitrogens is 1. The van der Waals surface area contributed by atoms with Crippen LogP contribution in [0.4, 0.5) is 0 Å². The van der Waals surface area contributed by atoms with Gasteiger partial charge in [0.2, 0.25) is 5.91 Å². The highest BCUT2D eigenvalue weighted by Crippen LogP contribution is 2.01. The smallest absolute Gasteiger partial charge is 0.220 e. The van der Waals surface area contributed by atoms with E-state index in [0.29, 0.717) is 25.8 Å². The van der Waals surface area contributed by atoms with Gasteiger partial charge in [-0.3, -0.25) is 9.59 Å². The van der Waals surface area contributed by atoms with Gasteiger partial charge in [-0.25, -0.2) is 4.98 Å². The molecule has 7 nitrogen and oxygen atoms in total. The molecular weight excluding hydrogens is 246 g/mol. The van der Waals surface area contributed by atoms with Crippen molar-refractivity contribution in [3.8, 4) is 0 Å². The molecule has 0 fully saturated rings. The number of rotatable bonds is 9. The number of aromatic amines is 1. The van der Waals surface area contributed by atoms with E-state index in [2.05, 4.69) is 20.6 Å². The number of ketones is 1. The van der Waals surface area contributed by atoms with Gasteiger partial charge in [0.1, 0.15) is 0 Å². The van der Waals surface area contributed by atoms with Gasteiger partial charge in [-0.1, -0.05) is 0 Å². The van der Waals surface area contributed by atoms with Gasteiger partial charge in [-0.2, -0.15) is 0 Å². The number of aromatic nitrogens is 2. The van der Waals surface area contributed by atoms with Crippen molar-refractivity contribution in [3.63, 3.8) is 0 Å². The minimum absolute atomic E-state index is 0.0572. The Labute approximate surface area is 112 Å². The number of nitrogens with zero attached hydrogens (tertiary/aromatic N) is 1. The van der Waals surface area contributed by atoms with Crippen molar-refractivity contribution in [1.82, 2.24) is 20.6 Å². The molecule has 1 aromatic heterocycles. The van der Waals surface area contributed by atoms with E-state index in [9.17, 15) is 9.59 Å². The van der Waals surface area contributed by atoms with Crippen LogP contribution < -0.4 is 16.4 Å². The Morgan fingerprint density at radius 3 is 2.89 bits per heavy atom. The van der Waals surface area contributed by atoms with Gasteiger partial charge in [0, 0.05) is 24.7 Å². The van der Waals surface area contributed by atoms with Gasteiger partial charge in [0.05, 0.1) is 18.9 Å². The molecule has 0 bridgehead atoms. The Bertz CT molecular complexity index is 391. The minimum Gasteiger partial charge on any atom is -0.348 e. The maximum Gasteiger partial charge on any atom is 0.220 e. The van der Waals surface area contributed by atoms with Gasteiger partial charge < -0.3 is 21.4 Å². The van der Waals surface area contributed by atoms with Crippen molar-refractivity contribution in [2.24, 2.45) is 5.73 Å². The number of carbonyl (C=O) groups is 2. The average molecular weight is 267 g/mol. The molecule has 0 aliphatic rings. The molecule has 1 aromatic rings. The lowest BCUT2D eigenvalue weighted by atomic mass is 10.1. The van der Waals surface area contributed by atoms with Crippen LogP contribution in [0.5, 0.6) is 0 Å². The Morgan fingerprint density at radius 1 is 1.53 bits per heavy atom. The summed E-state index contributed by atoms with van der Waals surface area (Å²) in [7, 11) is 1.70. The molecule has 1 unspecified atom stereocenters. The molecule has 1 heterocycles. The third kappa shape index (κ3) is 5.62. The summed E-state index contributed by atoms with van der Waals surface area (Å²) in [5, 5.41) is 5.54. The summed E-state index contributed by atoms with van der Waals surface area (Å²) in [5.41, 5.74) is 6.17. The third-order valence-corrected chi connectivity index (χ3v) is 2.66. The van der Waals surface area contributed by atoms with E-state index in [1.165, 1.54) is 0 Å². The van der Waals surface area contributed by atoms with Crippen LogP contribution >= 0.6 is 0 Å². The van der Waals surface area contributed by atoms with E-state index in [1.807, 2.05) is 0 Å². The van der Waals surface area contributed by atoms with Gasteiger partial charge in [-0.05, 0) is 20.0 Å². The predicted octanol–water partition coefficient (Wildman–Crippen LogP) is -1.04. The highest BCUT2D eigenvalue weighted by Gasteiger charge is 2.20. The van der Waals surface area contributed by atoms with Crippen LogP contribution in [0.3, 0.4) is 0 Å². The fourth-order valence-corrected chi connectivity index (χ4v) is 1.69. The molecule has 1 atom stereocenters. The van der Waals surface area contributed by atoms with Crippen LogP contribution in [0.25, 0.3) is 0 Å². The predicted molar refractivity (Wildman–Crippen MR) is 71.4 cm³/mol. The maximum absolute atomic E-state index is 11.9. The number of hydrogen-bond acceptors (Lipinski definition) is 5. The third-order valence-electron chi connectivity index (χ3n) is 2.66. The van der Waals surface area contributed by atoms with Crippen LogP contribution in [0.2, 0.25) is 0 Å². The molecule has 0 aromatic carbocycles. The molecule has 5 N–H and O–H groups in total. The van der Waals surface area contributed by atoms with Crippen molar-refractivity contribution in [1.29, 1.82) is 0 Å². The first-order valence-electron chi connectivity index (χ1n) is 6.31. The lowest BCUT2D eigenvalue weighted by Gasteiger charge is -2.16. The van der Waals surface area contributed by atoms with Crippen molar-refractivity contribution in [3.05, 3.63) is 18.2 Å². The fraction of sp³-hybridized carbons (Fsp3) is 0.583. The first-order valence-corrected chi connectivity index (χ1v) is 6.31. The second kappa shape index (κ2) is 8.39. The number of carbonyl (C=O) groups excluding carboxylic acids is 2. The standard InChI is InChI=1S/C12H21N5O2/c1-14-7-11(18)10(5-9-6-15-8-16-9)17-12(19)3-2-4-13/h6,8,10,14H,2-5,7,13H2,1H3,(H,15,16)(H,17,19). The highest BCUT2D eigenvalue weighted by molar-refractivity contribution is 5.90. The van der Waals surface area contributed by atoms with Crippen LogP contribution in [-0.2, 0) is 16.0 Å². The molecule has 0 saturated heterocycles. The zero-order valence-electron chi connectivity index (χ0n) is 11.1. The van der Waals surface area contributed by atoms with Crippen LogP contribution in [0.15, 0.2) is 12.5 Å². The summed E-state index contributed by atoms with van der Waals surface area (Å²) in [4.78, 5) is 30.5. The van der Waals surface area contributed by atoms with Gasteiger partial charge >= 0.3 is 0 Å². The van der Waals surface area contributed by atoms with Crippen LogP contribution in [0, 0.1) is 0 Å². The zero-order chi connectivity index (χ0) is 14.1. The fourth-order valence-electron chi connectivity index (χ4n) is 1.69. The van der Waals surface area contributed by atoms with Crippen LogP contribution in [0.1, 0.15) is 18.5 Å². The first-order chi connectivity index (χ1) is 9.17. The maximum atomic E-state index is 11.9. The number of amides is 1. The molecule has 19 heavy (non-hydrogen) atoms. The zero-order valence-corrected chi connectivity index (χ0v) is 11.1. The molecule has 0 radical (unpaired) electrons. The molecule has 7 heteroatoms. The van der Waals surface area contributed by atoms with Gasteiger partial charge in [-0.15, -0.1) is 0 Å². The minimum atomic E-state index is -0.543. The van der Waals surface area contributed by atoms with E-state index in [4.69, 9.17) is 5.73 Å². The second-order valence-electron chi connectivity index (χ2n) is 4.29. The normalized spacial score (nSPS) is 12.1. The molecule has 1 amide bonds. The molecule has 0 aliphatic heterocycles. The van der Waals surface area contributed by atoms with Crippen molar-refractivity contribution in [2.45, 2.75) is 25.3 Å². The van der Waals surface area contributed by atoms with E-state index >= 15 is 0 Å². The molecule has 0 saturated carbocycles. The molecule has 0 aliphatic carbocycles. The van der Waals surface area contributed by atoms with Crippen LogP contribution in [-0.4, -0.2) is 47.8 Å². The number of nitrogens with one attached hydrogen (secondary N) is 3.